The van der Waals surface area contributed by atoms with Crippen molar-refractivity contribution in [1.29, 1.82) is 0 Å². The number of ether oxygens (including phenoxy) is 2. The van der Waals surface area contributed by atoms with Crippen molar-refractivity contribution in [3.63, 3.8) is 0 Å². The molecule has 1 N–H and O–H groups in total. The van der Waals surface area contributed by atoms with Crippen LogP contribution < -0.4 is 14.8 Å². The van der Waals surface area contributed by atoms with Crippen molar-refractivity contribution in [3.05, 3.63) is 58.1 Å². The van der Waals surface area contributed by atoms with Gasteiger partial charge in [-0.05, 0) is 85.7 Å². The van der Waals surface area contributed by atoms with Crippen molar-refractivity contribution >= 4 is 5.91 Å². The highest BCUT2D eigenvalue weighted by Gasteiger charge is 2.17. The molecular weight excluding hydrogens is 338 g/mol. The van der Waals surface area contributed by atoms with Crippen LogP contribution in [0.25, 0.3) is 0 Å². The quantitative estimate of drug-likeness (QED) is 0.747. The number of carbonyl (C=O) groups is 1. The van der Waals surface area contributed by atoms with E-state index in [9.17, 15) is 4.79 Å². The van der Waals surface area contributed by atoms with Gasteiger partial charge in [0.1, 0.15) is 11.5 Å². The highest BCUT2D eigenvalue weighted by molar-refractivity contribution is 5.78. The Hall–Kier alpha value is -2.49. The molecule has 2 aromatic rings. The fourth-order valence-corrected chi connectivity index (χ4v) is 3.12. The first-order chi connectivity index (χ1) is 12.7. The normalized spacial score (nSPS) is 12.0. The molecule has 2 rings (SSSR count). The van der Waals surface area contributed by atoms with Gasteiger partial charge in [0.2, 0.25) is 0 Å². The van der Waals surface area contributed by atoms with E-state index in [-0.39, 0.29) is 18.6 Å². The molecule has 4 heteroatoms. The molecule has 2 aromatic carbocycles. The Kier molecular flexibility index (Phi) is 6.89. The largest absolute Gasteiger partial charge is 0.496 e. The van der Waals surface area contributed by atoms with Crippen LogP contribution in [0.1, 0.15) is 60.5 Å². The van der Waals surface area contributed by atoms with Gasteiger partial charge in [-0.25, -0.2) is 0 Å². The van der Waals surface area contributed by atoms with Crippen LogP contribution in [0.2, 0.25) is 0 Å². The molecule has 0 spiro atoms. The maximum atomic E-state index is 12.3. The minimum absolute atomic E-state index is 0.000912. The first-order valence-electron chi connectivity index (χ1n) is 9.40. The second kappa shape index (κ2) is 8.94. The second-order valence-corrected chi connectivity index (χ2v) is 7.43. The van der Waals surface area contributed by atoms with E-state index < -0.39 is 0 Å². The Labute approximate surface area is 162 Å². The van der Waals surface area contributed by atoms with Crippen LogP contribution in [-0.4, -0.2) is 19.6 Å². The first kappa shape index (κ1) is 20.8. The Morgan fingerprint density at radius 1 is 0.963 bits per heavy atom. The Morgan fingerprint density at radius 3 is 2.26 bits per heavy atom. The average molecular weight is 370 g/mol. The van der Waals surface area contributed by atoms with E-state index in [1.165, 1.54) is 5.56 Å². The molecule has 0 aromatic heterocycles. The molecule has 0 aliphatic carbocycles. The van der Waals surface area contributed by atoms with Crippen molar-refractivity contribution < 1.29 is 14.3 Å². The Bertz CT molecular complexity index is 812. The number of hydrogen-bond acceptors (Lipinski definition) is 3. The van der Waals surface area contributed by atoms with E-state index in [0.717, 1.165) is 28.0 Å². The fourth-order valence-electron chi connectivity index (χ4n) is 3.12. The van der Waals surface area contributed by atoms with Gasteiger partial charge in [0.05, 0.1) is 13.2 Å². The number of amides is 1. The maximum Gasteiger partial charge on any atom is 0.258 e. The zero-order valence-corrected chi connectivity index (χ0v) is 17.5. The summed E-state index contributed by atoms with van der Waals surface area (Å²) in [5.41, 5.74) is 5.69. The molecule has 0 fully saturated rings. The van der Waals surface area contributed by atoms with Crippen molar-refractivity contribution in [2.75, 3.05) is 13.7 Å². The highest BCUT2D eigenvalue weighted by atomic mass is 16.5. The molecule has 0 bridgehead atoms. The summed E-state index contributed by atoms with van der Waals surface area (Å²) in [7, 11) is 1.69. The van der Waals surface area contributed by atoms with Crippen LogP contribution in [0, 0.1) is 20.8 Å². The molecular formula is C23H31NO3. The standard InChI is InChI=1S/C23H31NO3/c1-14(2)20-12-21(17(5)11-22(20)26-7)18(6)24-23(25)13-27-19-9-8-15(3)16(4)10-19/h8-12,14,18H,13H2,1-7H3,(H,24,25)/t18-/m1/s1. The van der Waals surface area contributed by atoms with Crippen LogP contribution in [0.3, 0.4) is 0 Å². The van der Waals surface area contributed by atoms with Crippen LogP contribution in [0.15, 0.2) is 30.3 Å². The molecule has 27 heavy (non-hydrogen) atoms. The third kappa shape index (κ3) is 5.25. The minimum atomic E-state index is -0.137. The molecule has 146 valence electrons. The number of aryl methyl sites for hydroxylation is 3. The van der Waals surface area contributed by atoms with Crippen LogP contribution in [-0.2, 0) is 4.79 Å². The fraction of sp³-hybridized carbons (Fsp3) is 0.435. The minimum Gasteiger partial charge on any atom is -0.496 e. The molecule has 0 aliphatic rings. The molecule has 0 saturated carbocycles. The number of hydrogen-bond donors (Lipinski definition) is 1. The number of rotatable bonds is 7. The van der Waals surface area contributed by atoms with Crippen molar-refractivity contribution in [1.82, 2.24) is 5.32 Å². The van der Waals surface area contributed by atoms with Gasteiger partial charge in [0.15, 0.2) is 6.61 Å². The van der Waals surface area contributed by atoms with E-state index in [2.05, 4.69) is 32.2 Å². The zero-order valence-electron chi connectivity index (χ0n) is 17.5. The number of carbonyl (C=O) groups excluding carboxylic acids is 1. The highest BCUT2D eigenvalue weighted by Crippen LogP contribution is 2.32. The van der Waals surface area contributed by atoms with E-state index in [0.29, 0.717) is 11.7 Å². The SMILES string of the molecule is COc1cc(C)c([C@@H](C)NC(=O)COc2ccc(C)c(C)c2)cc1C(C)C. The van der Waals surface area contributed by atoms with E-state index >= 15 is 0 Å². The van der Waals surface area contributed by atoms with Gasteiger partial charge >= 0.3 is 0 Å². The summed E-state index contributed by atoms with van der Waals surface area (Å²) in [4.78, 5) is 12.3. The summed E-state index contributed by atoms with van der Waals surface area (Å²) < 4.78 is 11.1. The zero-order chi connectivity index (χ0) is 20.1. The van der Waals surface area contributed by atoms with E-state index in [1.54, 1.807) is 7.11 Å². The number of methoxy groups -OCH3 is 1. The Balaban J connectivity index is 2.05. The van der Waals surface area contributed by atoms with Gasteiger partial charge in [-0.2, -0.15) is 0 Å². The van der Waals surface area contributed by atoms with Crippen molar-refractivity contribution in [2.45, 2.75) is 53.5 Å². The summed E-state index contributed by atoms with van der Waals surface area (Å²) in [5, 5.41) is 3.03. The van der Waals surface area contributed by atoms with Crippen LogP contribution in [0.5, 0.6) is 11.5 Å². The van der Waals surface area contributed by atoms with E-state index in [1.807, 2.05) is 45.0 Å². The summed E-state index contributed by atoms with van der Waals surface area (Å²) in [6, 6.07) is 9.91. The molecule has 0 aliphatic heterocycles. The van der Waals surface area contributed by atoms with Crippen molar-refractivity contribution in [2.24, 2.45) is 0 Å². The molecule has 1 amide bonds. The molecule has 1 atom stereocenters. The van der Waals surface area contributed by atoms with Crippen LogP contribution in [0.4, 0.5) is 0 Å². The summed E-state index contributed by atoms with van der Waals surface area (Å²) >= 11 is 0. The average Bonchev–Trinajstić information content (AvgIpc) is 2.61. The van der Waals surface area contributed by atoms with Gasteiger partial charge in [-0.1, -0.05) is 19.9 Å². The monoisotopic (exact) mass is 369 g/mol. The predicted molar refractivity (Wildman–Crippen MR) is 110 cm³/mol. The topological polar surface area (TPSA) is 47.6 Å². The van der Waals surface area contributed by atoms with Gasteiger partial charge in [-0.15, -0.1) is 0 Å². The third-order valence-electron chi connectivity index (χ3n) is 4.93. The summed E-state index contributed by atoms with van der Waals surface area (Å²) in [6.45, 7) is 12.4. The number of benzene rings is 2. The summed E-state index contributed by atoms with van der Waals surface area (Å²) in [6.07, 6.45) is 0. The predicted octanol–water partition coefficient (Wildman–Crippen LogP) is 5.00. The lowest BCUT2D eigenvalue weighted by Crippen LogP contribution is -2.31. The molecule has 0 heterocycles. The molecule has 0 radical (unpaired) electrons. The first-order valence-corrected chi connectivity index (χ1v) is 9.40. The lowest BCUT2D eigenvalue weighted by molar-refractivity contribution is -0.123. The maximum absolute atomic E-state index is 12.3. The molecule has 0 saturated heterocycles. The lowest BCUT2D eigenvalue weighted by atomic mass is 9.93. The van der Waals surface area contributed by atoms with E-state index in [4.69, 9.17) is 9.47 Å². The second-order valence-electron chi connectivity index (χ2n) is 7.43. The van der Waals surface area contributed by atoms with Gasteiger partial charge in [0.25, 0.3) is 5.91 Å². The lowest BCUT2D eigenvalue weighted by Gasteiger charge is -2.21. The smallest absolute Gasteiger partial charge is 0.258 e. The van der Waals surface area contributed by atoms with Gasteiger partial charge in [-0.3, -0.25) is 4.79 Å². The molecule has 0 unspecified atom stereocenters. The van der Waals surface area contributed by atoms with Crippen molar-refractivity contribution in [3.8, 4) is 11.5 Å². The molecule has 4 nitrogen and oxygen atoms in total. The Morgan fingerprint density at radius 2 is 1.67 bits per heavy atom. The number of nitrogens with one attached hydrogen (secondary N) is 1. The van der Waals surface area contributed by atoms with Gasteiger partial charge < -0.3 is 14.8 Å². The van der Waals surface area contributed by atoms with Crippen LogP contribution >= 0.6 is 0 Å². The summed E-state index contributed by atoms with van der Waals surface area (Å²) in [5.74, 6) is 1.81. The van der Waals surface area contributed by atoms with Gasteiger partial charge in [0, 0.05) is 0 Å². The third-order valence-corrected chi connectivity index (χ3v) is 4.93.